The lowest BCUT2D eigenvalue weighted by atomic mass is 10.2. The van der Waals surface area contributed by atoms with E-state index in [0.717, 1.165) is 10.9 Å². The van der Waals surface area contributed by atoms with E-state index in [9.17, 15) is 10.1 Å². The third-order valence-electron chi connectivity index (χ3n) is 4.19. The Bertz CT molecular complexity index is 953. The molecule has 0 amide bonds. The highest BCUT2D eigenvalue weighted by atomic mass is 16.6. The van der Waals surface area contributed by atoms with Crippen LogP contribution in [0.4, 0.5) is 23.0 Å². The second kappa shape index (κ2) is 6.89. The van der Waals surface area contributed by atoms with Gasteiger partial charge in [0, 0.05) is 30.4 Å². The lowest BCUT2D eigenvalue weighted by Crippen LogP contribution is -2.37. The van der Waals surface area contributed by atoms with Gasteiger partial charge in [0.25, 0.3) is 0 Å². The lowest BCUT2D eigenvalue weighted by molar-refractivity contribution is -0.383. The maximum absolute atomic E-state index is 11.8. The topological polar surface area (TPSA) is 106 Å². The summed E-state index contributed by atoms with van der Waals surface area (Å²) in [5, 5.41) is 15.7. The zero-order chi connectivity index (χ0) is 17.9. The number of rotatable bonds is 4. The molecule has 9 nitrogen and oxygen atoms in total. The summed E-state index contributed by atoms with van der Waals surface area (Å²) in [6.07, 6.45) is 3.04. The van der Waals surface area contributed by atoms with Crippen molar-refractivity contribution in [3.63, 3.8) is 0 Å². The Morgan fingerprint density at radius 1 is 1.12 bits per heavy atom. The number of nitro groups is 1. The van der Waals surface area contributed by atoms with Gasteiger partial charge in [-0.1, -0.05) is 6.07 Å². The van der Waals surface area contributed by atoms with Gasteiger partial charge in [0.2, 0.25) is 11.6 Å². The van der Waals surface area contributed by atoms with Gasteiger partial charge in [-0.3, -0.25) is 15.1 Å². The van der Waals surface area contributed by atoms with E-state index >= 15 is 0 Å². The van der Waals surface area contributed by atoms with E-state index in [1.54, 1.807) is 6.20 Å². The number of benzene rings is 1. The third kappa shape index (κ3) is 3.00. The number of pyridine rings is 1. The van der Waals surface area contributed by atoms with Crippen LogP contribution in [0.2, 0.25) is 0 Å². The molecule has 1 saturated heterocycles. The van der Waals surface area contributed by atoms with Crippen LogP contribution in [0.1, 0.15) is 0 Å². The number of aromatic nitrogens is 3. The first-order chi connectivity index (χ1) is 12.7. The molecule has 0 aliphatic carbocycles. The summed E-state index contributed by atoms with van der Waals surface area (Å²) < 4.78 is 5.32. The molecule has 0 atom stereocenters. The summed E-state index contributed by atoms with van der Waals surface area (Å²) in [6.45, 7) is 2.13. The molecule has 0 bridgehead atoms. The van der Waals surface area contributed by atoms with Crippen molar-refractivity contribution in [2.45, 2.75) is 0 Å². The predicted molar refractivity (Wildman–Crippen MR) is 96.7 cm³/mol. The van der Waals surface area contributed by atoms with E-state index in [4.69, 9.17) is 4.74 Å². The number of hydrogen-bond acceptors (Lipinski definition) is 8. The zero-order valence-corrected chi connectivity index (χ0v) is 13.8. The molecule has 26 heavy (non-hydrogen) atoms. The van der Waals surface area contributed by atoms with E-state index in [-0.39, 0.29) is 11.5 Å². The minimum absolute atomic E-state index is 0.143. The molecule has 3 aromatic rings. The minimum Gasteiger partial charge on any atom is -0.378 e. The number of hydrogen-bond donors (Lipinski definition) is 1. The standard InChI is InChI=1S/C17H16N6O3/c24-23(25)15-16(19-11-20-17(15)22-7-9-26-10-8-22)21-14-5-1-4-13-12(14)3-2-6-18-13/h1-6,11H,7-10H2,(H,19,20,21). The van der Waals surface area contributed by atoms with Crippen molar-refractivity contribution in [1.29, 1.82) is 0 Å². The van der Waals surface area contributed by atoms with Crippen LogP contribution < -0.4 is 10.2 Å². The first kappa shape index (κ1) is 16.2. The SMILES string of the molecule is O=[N+]([O-])c1c(Nc2cccc3ncccc23)ncnc1N1CCOCC1. The summed E-state index contributed by atoms with van der Waals surface area (Å²) in [5.41, 5.74) is 1.35. The number of morpholine rings is 1. The lowest BCUT2D eigenvalue weighted by Gasteiger charge is -2.27. The van der Waals surface area contributed by atoms with Crippen molar-refractivity contribution >= 4 is 33.9 Å². The van der Waals surface area contributed by atoms with Gasteiger partial charge in [0.05, 0.1) is 23.7 Å². The van der Waals surface area contributed by atoms with E-state index in [0.29, 0.717) is 37.8 Å². The van der Waals surface area contributed by atoms with E-state index in [1.165, 1.54) is 6.33 Å². The third-order valence-corrected chi connectivity index (χ3v) is 4.19. The van der Waals surface area contributed by atoms with Crippen LogP contribution in [-0.4, -0.2) is 46.2 Å². The second-order valence-electron chi connectivity index (χ2n) is 5.75. The van der Waals surface area contributed by atoms with Gasteiger partial charge in [-0.15, -0.1) is 0 Å². The van der Waals surface area contributed by atoms with Crippen LogP contribution in [0, 0.1) is 10.1 Å². The monoisotopic (exact) mass is 352 g/mol. The molecule has 2 aromatic heterocycles. The first-order valence-electron chi connectivity index (χ1n) is 8.17. The minimum atomic E-state index is -0.448. The van der Waals surface area contributed by atoms with Crippen LogP contribution in [0.25, 0.3) is 10.9 Å². The van der Waals surface area contributed by atoms with Crippen LogP contribution in [0.3, 0.4) is 0 Å². The number of fused-ring (bicyclic) bond motifs is 1. The van der Waals surface area contributed by atoms with Gasteiger partial charge in [-0.2, -0.15) is 0 Å². The predicted octanol–water partition coefficient (Wildman–Crippen LogP) is 2.51. The van der Waals surface area contributed by atoms with E-state index in [1.807, 2.05) is 35.2 Å². The van der Waals surface area contributed by atoms with Crippen molar-refractivity contribution in [3.8, 4) is 0 Å². The Labute approximate surface area is 148 Å². The summed E-state index contributed by atoms with van der Waals surface area (Å²) in [6, 6.07) is 9.29. The fraction of sp³-hybridized carbons (Fsp3) is 0.235. The molecular weight excluding hydrogens is 336 g/mol. The molecule has 0 radical (unpaired) electrons. The van der Waals surface area contributed by atoms with E-state index in [2.05, 4.69) is 20.3 Å². The van der Waals surface area contributed by atoms with Crippen molar-refractivity contribution in [2.75, 3.05) is 36.5 Å². The molecule has 1 fully saturated rings. The fourth-order valence-corrected chi connectivity index (χ4v) is 2.98. The molecule has 0 spiro atoms. The Morgan fingerprint density at radius 2 is 1.96 bits per heavy atom. The Balaban J connectivity index is 1.77. The Kier molecular flexibility index (Phi) is 4.28. The molecule has 0 unspecified atom stereocenters. The first-order valence-corrected chi connectivity index (χ1v) is 8.17. The normalized spacial score (nSPS) is 14.4. The number of anilines is 3. The molecule has 1 aliphatic rings. The number of ether oxygens (including phenoxy) is 1. The molecule has 1 aromatic carbocycles. The Hall–Kier alpha value is -3.33. The average Bonchev–Trinajstić information content (AvgIpc) is 2.68. The molecule has 9 heteroatoms. The van der Waals surface area contributed by atoms with Gasteiger partial charge < -0.3 is 15.0 Å². The van der Waals surface area contributed by atoms with Crippen molar-refractivity contribution < 1.29 is 9.66 Å². The quantitative estimate of drug-likeness (QED) is 0.564. The van der Waals surface area contributed by atoms with Crippen LogP contribution >= 0.6 is 0 Å². The average molecular weight is 352 g/mol. The molecular formula is C17H16N6O3. The van der Waals surface area contributed by atoms with Crippen molar-refractivity contribution in [3.05, 3.63) is 53.0 Å². The highest BCUT2D eigenvalue weighted by molar-refractivity contribution is 5.93. The van der Waals surface area contributed by atoms with Crippen LogP contribution in [0.5, 0.6) is 0 Å². The Morgan fingerprint density at radius 3 is 2.77 bits per heavy atom. The van der Waals surface area contributed by atoms with Gasteiger partial charge in [0.15, 0.2) is 0 Å². The highest BCUT2D eigenvalue weighted by Crippen LogP contribution is 2.35. The number of nitrogens with zero attached hydrogens (tertiary/aromatic N) is 5. The smallest absolute Gasteiger partial charge is 0.353 e. The van der Waals surface area contributed by atoms with Gasteiger partial charge in [0.1, 0.15) is 6.33 Å². The summed E-state index contributed by atoms with van der Waals surface area (Å²) in [7, 11) is 0. The molecule has 1 aliphatic heterocycles. The fourth-order valence-electron chi connectivity index (χ4n) is 2.98. The molecule has 3 heterocycles. The highest BCUT2D eigenvalue weighted by Gasteiger charge is 2.28. The van der Waals surface area contributed by atoms with Gasteiger partial charge in [-0.05, 0) is 24.3 Å². The van der Waals surface area contributed by atoms with Gasteiger partial charge >= 0.3 is 5.69 Å². The van der Waals surface area contributed by atoms with Gasteiger partial charge in [-0.25, -0.2) is 9.97 Å². The maximum Gasteiger partial charge on any atom is 0.353 e. The second-order valence-corrected chi connectivity index (χ2v) is 5.75. The zero-order valence-electron chi connectivity index (χ0n) is 13.8. The molecule has 132 valence electrons. The summed E-state index contributed by atoms with van der Waals surface area (Å²) in [5.74, 6) is 0.456. The largest absolute Gasteiger partial charge is 0.378 e. The summed E-state index contributed by atoms with van der Waals surface area (Å²) in [4.78, 5) is 25.7. The van der Waals surface area contributed by atoms with Crippen molar-refractivity contribution in [2.24, 2.45) is 0 Å². The summed E-state index contributed by atoms with van der Waals surface area (Å²) >= 11 is 0. The molecule has 1 N–H and O–H groups in total. The molecule has 0 saturated carbocycles. The van der Waals surface area contributed by atoms with E-state index < -0.39 is 4.92 Å². The van der Waals surface area contributed by atoms with Crippen LogP contribution in [-0.2, 0) is 4.74 Å². The maximum atomic E-state index is 11.8. The van der Waals surface area contributed by atoms with Crippen LogP contribution in [0.15, 0.2) is 42.9 Å². The molecule has 4 rings (SSSR count). The van der Waals surface area contributed by atoms with Crippen molar-refractivity contribution in [1.82, 2.24) is 15.0 Å². The number of nitrogens with one attached hydrogen (secondary N) is 1.